The fourth-order valence-corrected chi connectivity index (χ4v) is 1.65. The summed E-state index contributed by atoms with van der Waals surface area (Å²) in [6.45, 7) is 4.60. The maximum atomic E-state index is 11.3. The number of benzene rings is 1. The highest BCUT2D eigenvalue weighted by Crippen LogP contribution is 2.05. The minimum Gasteiger partial charge on any atom is -0.466 e. The van der Waals surface area contributed by atoms with Gasteiger partial charge in [-0.15, -0.1) is 0 Å². The van der Waals surface area contributed by atoms with Gasteiger partial charge in [-0.3, -0.25) is 4.79 Å². The molecule has 0 aliphatic carbocycles. The summed E-state index contributed by atoms with van der Waals surface area (Å²) in [6, 6.07) is 10.4. The highest BCUT2D eigenvalue weighted by Gasteiger charge is 2.05. The van der Waals surface area contributed by atoms with E-state index in [0.717, 1.165) is 19.3 Å². The first-order valence-corrected chi connectivity index (χ1v) is 6.38. The van der Waals surface area contributed by atoms with E-state index in [0.29, 0.717) is 18.9 Å². The van der Waals surface area contributed by atoms with Gasteiger partial charge in [0, 0.05) is 6.42 Å². The van der Waals surface area contributed by atoms with Crippen LogP contribution in [0.25, 0.3) is 0 Å². The van der Waals surface area contributed by atoms with Crippen molar-refractivity contribution in [3.05, 3.63) is 35.9 Å². The molecule has 0 amide bonds. The Morgan fingerprint density at radius 2 is 1.88 bits per heavy atom. The molecule has 2 nitrogen and oxygen atoms in total. The van der Waals surface area contributed by atoms with Crippen LogP contribution in [0.15, 0.2) is 30.3 Å². The molecule has 1 aromatic carbocycles. The molecule has 17 heavy (non-hydrogen) atoms. The summed E-state index contributed by atoms with van der Waals surface area (Å²) >= 11 is 0. The SMILES string of the molecule is CC(C)CC(=O)OCCCCc1ccccc1. The molecular weight excluding hydrogens is 212 g/mol. The third kappa shape index (κ3) is 6.77. The zero-order valence-electron chi connectivity index (χ0n) is 10.8. The lowest BCUT2D eigenvalue weighted by molar-refractivity contribution is -0.144. The molecule has 0 saturated heterocycles. The van der Waals surface area contributed by atoms with Crippen LogP contribution in [0.4, 0.5) is 0 Å². The summed E-state index contributed by atoms with van der Waals surface area (Å²) in [5.74, 6) is 0.312. The normalized spacial score (nSPS) is 10.5. The quantitative estimate of drug-likeness (QED) is 0.532. The lowest BCUT2D eigenvalue weighted by Gasteiger charge is -2.06. The van der Waals surface area contributed by atoms with Crippen LogP contribution in [0.5, 0.6) is 0 Å². The Balaban J connectivity index is 2.03. The fourth-order valence-electron chi connectivity index (χ4n) is 1.65. The highest BCUT2D eigenvalue weighted by molar-refractivity contribution is 5.69. The van der Waals surface area contributed by atoms with Crippen molar-refractivity contribution in [3.63, 3.8) is 0 Å². The zero-order chi connectivity index (χ0) is 12.5. The van der Waals surface area contributed by atoms with Crippen molar-refractivity contribution in [3.8, 4) is 0 Å². The average molecular weight is 234 g/mol. The Labute approximate surface area is 104 Å². The van der Waals surface area contributed by atoms with Crippen molar-refractivity contribution in [1.29, 1.82) is 0 Å². The summed E-state index contributed by atoms with van der Waals surface area (Å²) in [4.78, 5) is 11.3. The summed E-state index contributed by atoms with van der Waals surface area (Å²) < 4.78 is 5.15. The number of unbranched alkanes of at least 4 members (excludes halogenated alkanes) is 1. The molecule has 1 rings (SSSR count). The van der Waals surface area contributed by atoms with Gasteiger partial charge in [-0.25, -0.2) is 0 Å². The van der Waals surface area contributed by atoms with Crippen LogP contribution in [0.1, 0.15) is 38.7 Å². The van der Waals surface area contributed by atoms with E-state index in [2.05, 4.69) is 24.3 Å². The Hall–Kier alpha value is -1.31. The monoisotopic (exact) mass is 234 g/mol. The zero-order valence-corrected chi connectivity index (χ0v) is 10.8. The van der Waals surface area contributed by atoms with Crippen LogP contribution >= 0.6 is 0 Å². The molecular formula is C15H22O2. The second-order valence-electron chi connectivity index (χ2n) is 4.76. The van der Waals surface area contributed by atoms with E-state index in [1.165, 1.54) is 5.56 Å². The Kier molecular flexibility index (Phi) is 6.38. The van der Waals surface area contributed by atoms with Gasteiger partial charge in [-0.2, -0.15) is 0 Å². The Morgan fingerprint density at radius 1 is 1.18 bits per heavy atom. The topological polar surface area (TPSA) is 26.3 Å². The van der Waals surface area contributed by atoms with Crippen LogP contribution in [0, 0.1) is 5.92 Å². The molecule has 0 aliphatic rings. The molecule has 0 aliphatic heterocycles. The molecule has 1 aromatic rings. The maximum absolute atomic E-state index is 11.3. The molecule has 0 atom stereocenters. The number of hydrogen-bond donors (Lipinski definition) is 0. The van der Waals surface area contributed by atoms with Gasteiger partial charge in [-0.1, -0.05) is 44.2 Å². The van der Waals surface area contributed by atoms with Gasteiger partial charge in [0.05, 0.1) is 6.61 Å². The lowest BCUT2D eigenvalue weighted by atomic mass is 10.1. The molecule has 0 saturated carbocycles. The summed E-state index contributed by atoms with van der Waals surface area (Å²) in [5, 5.41) is 0. The number of hydrogen-bond acceptors (Lipinski definition) is 2. The molecule has 0 radical (unpaired) electrons. The van der Waals surface area contributed by atoms with E-state index in [9.17, 15) is 4.79 Å². The number of carbonyl (C=O) groups is 1. The largest absolute Gasteiger partial charge is 0.466 e. The van der Waals surface area contributed by atoms with Crippen LogP contribution in [0.2, 0.25) is 0 Å². The molecule has 0 fully saturated rings. The van der Waals surface area contributed by atoms with E-state index in [4.69, 9.17) is 4.74 Å². The van der Waals surface area contributed by atoms with Crippen molar-refractivity contribution in [2.45, 2.75) is 39.5 Å². The molecule has 0 aromatic heterocycles. The summed E-state index contributed by atoms with van der Waals surface area (Å²) in [5.41, 5.74) is 1.35. The van der Waals surface area contributed by atoms with Crippen molar-refractivity contribution < 1.29 is 9.53 Å². The predicted octanol–water partition coefficient (Wildman–Crippen LogP) is 3.60. The fraction of sp³-hybridized carbons (Fsp3) is 0.533. The Morgan fingerprint density at radius 3 is 2.53 bits per heavy atom. The number of ether oxygens (including phenoxy) is 1. The van der Waals surface area contributed by atoms with Crippen LogP contribution < -0.4 is 0 Å². The molecule has 0 N–H and O–H groups in total. The number of aryl methyl sites for hydroxylation is 1. The van der Waals surface area contributed by atoms with Crippen LogP contribution in [-0.2, 0) is 16.0 Å². The molecule has 0 spiro atoms. The number of rotatable bonds is 7. The van der Waals surface area contributed by atoms with Gasteiger partial charge in [0.25, 0.3) is 0 Å². The summed E-state index contributed by atoms with van der Waals surface area (Å²) in [7, 11) is 0. The molecule has 94 valence electrons. The van der Waals surface area contributed by atoms with Gasteiger partial charge in [0.15, 0.2) is 0 Å². The second kappa shape index (κ2) is 7.88. The third-order valence-electron chi connectivity index (χ3n) is 2.54. The third-order valence-corrected chi connectivity index (χ3v) is 2.54. The van der Waals surface area contributed by atoms with Crippen LogP contribution in [0.3, 0.4) is 0 Å². The second-order valence-corrected chi connectivity index (χ2v) is 4.76. The van der Waals surface area contributed by atoms with Gasteiger partial charge in [-0.05, 0) is 30.7 Å². The van der Waals surface area contributed by atoms with E-state index < -0.39 is 0 Å². The van der Waals surface area contributed by atoms with E-state index in [1.807, 2.05) is 19.9 Å². The van der Waals surface area contributed by atoms with Crippen molar-refractivity contribution in [2.75, 3.05) is 6.61 Å². The first-order chi connectivity index (χ1) is 8.18. The van der Waals surface area contributed by atoms with E-state index in [-0.39, 0.29) is 5.97 Å². The lowest BCUT2D eigenvalue weighted by Crippen LogP contribution is -2.08. The standard InChI is InChI=1S/C15H22O2/c1-13(2)12-15(16)17-11-7-6-10-14-8-4-3-5-9-14/h3-5,8-9,13H,6-7,10-12H2,1-2H3. The molecule has 0 heterocycles. The molecule has 0 unspecified atom stereocenters. The van der Waals surface area contributed by atoms with Gasteiger partial charge in [0.1, 0.15) is 0 Å². The van der Waals surface area contributed by atoms with Crippen molar-refractivity contribution in [1.82, 2.24) is 0 Å². The highest BCUT2D eigenvalue weighted by atomic mass is 16.5. The van der Waals surface area contributed by atoms with Crippen LogP contribution in [-0.4, -0.2) is 12.6 Å². The minimum absolute atomic E-state index is 0.0697. The van der Waals surface area contributed by atoms with Gasteiger partial charge in [0.2, 0.25) is 0 Å². The van der Waals surface area contributed by atoms with Gasteiger partial charge < -0.3 is 4.74 Å². The van der Waals surface area contributed by atoms with E-state index >= 15 is 0 Å². The van der Waals surface area contributed by atoms with Crippen molar-refractivity contribution >= 4 is 5.97 Å². The minimum atomic E-state index is -0.0697. The van der Waals surface area contributed by atoms with Gasteiger partial charge >= 0.3 is 5.97 Å². The summed E-state index contributed by atoms with van der Waals surface area (Å²) in [6.07, 6.45) is 3.60. The number of carbonyl (C=O) groups excluding carboxylic acids is 1. The smallest absolute Gasteiger partial charge is 0.306 e. The Bertz CT molecular complexity index is 317. The van der Waals surface area contributed by atoms with Crippen molar-refractivity contribution in [2.24, 2.45) is 5.92 Å². The first-order valence-electron chi connectivity index (χ1n) is 6.38. The first kappa shape index (κ1) is 13.8. The number of esters is 1. The average Bonchev–Trinajstić information content (AvgIpc) is 2.29. The maximum Gasteiger partial charge on any atom is 0.306 e. The predicted molar refractivity (Wildman–Crippen MR) is 69.8 cm³/mol. The molecule has 2 heteroatoms. The van der Waals surface area contributed by atoms with E-state index in [1.54, 1.807) is 0 Å². The molecule has 0 bridgehead atoms.